The normalized spacial score (nSPS) is 11.8. The zero-order chi connectivity index (χ0) is 16.5. The molecule has 6 heteroatoms. The van der Waals surface area contributed by atoms with E-state index in [1.54, 1.807) is 3.97 Å². The summed E-state index contributed by atoms with van der Waals surface area (Å²) in [4.78, 5) is 1.32. The molecule has 0 fully saturated rings. The van der Waals surface area contributed by atoms with E-state index in [-0.39, 0.29) is 5.75 Å². The third-order valence-electron chi connectivity index (χ3n) is 4.64. The Bertz CT molecular complexity index is 899. The van der Waals surface area contributed by atoms with Crippen LogP contribution in [0, 0.1) is 27.7 Å². The minimum atomic E-state index is 0.120. The molecular formula is C16H16BNOS3. The highest BCUT2D eigenvalue weighted by molar-refractivity contribution is 7.81. The quantitative estimate of drug-likeness (QED) is 0.362. The summed E-state index contributed by atoms with van der Waals surface area (Å²) in [5.41, 5.74) is 6.25. The van der Waals surface area contributed by atoms with Crippen LogP contribution in [0.3, 0.4) is 0 Å². The second-order valence-electron chi connectivity index (χ2n) is 5.72. The molecule has 0 aliphatic heterocycles. The molecule has 0 unspecified atom stereocenters. The van der Waals surface area contributed by atoms with Gasteiger partial charge in [-0.25, -0.2) is 0 Å². The van der Waals surface area contributed by atoms with Crippen molar-refractivity contribution in [2.24, 2.45) is 0 Å². The van der Waals surface area contributed by atoms with E-state index in [9.17, 15) is 5.11 Å². The van der Waals surface area contributed by atoms with Crippen molar-refractivity contribution < 1.29 is 5.11 Å². The highest BCUT2D eigenvalue weighted by atomic mass is 32.1. The zero-order valence-corrected chi connectivity index (χ0v) is 15.5. The number of aryl methyl sites for hydroxylation is 2. The number of phenols is 1. The second-order valence-corrected chi connectivity index (χ2v) is 7.01. The maximum atomic E-state index is 10.6. The average molecular weight is 345 g/mol. The summed E-state index contributed by atoms with van der Waals surface area (Å²) in [6, 6.07) is 0. The fourth-order valence-electron chi connectivity index (χ4n) is 3.11. The van der Waals surface area contributed by atoms with Gasteiger partial charge in [0, 0.05) is 15.7 Å². The monoisotopic (exact) mass is 345 g/mol. The molecule has 22 heavy (non-hydrogen) atoms. The molecule has 3 rings (SSSR count). The Balaban J connectivity index is 2.81. The van der Waals surface area contributed by atoms with Gasteiger partial charge in [0.25, 0.3) is 0 Å². The molecule has 2 nitrogen and oxygen atoms in total. The number of thiol groups is 3. The van der Waals surface area contributed by atoms with Crippen LogP contribution >= 0.6 is 38.1 Å². The maximum absolute atomic E-state index is 10.6. The van der Waals surface area contributed by atoms with Crippen LogP contribution in [-0.4, -0.2) is 16.9 Å². The van der Waals surface area contributed by atoms with Gasteiger partial charge >= 0.3 is 0 Å². The third kappa shape index (κ3) is 1.80. The molecule has 0 bridgehead atoms. The lowest BCUT2D eigenvalue weighted by molar-refractivity contribution is 0.466. The number of fused-ring (bicyclic) bond motifs is 3. The predicted molar refractivity (Wildman–Crippen MR) is 104 cm³/mol. The van der Waals surface area contributed by atoms with Crippen LogP contribution in [0.25, 0.3) is 21.8 Å². The van der Waals surface area contributed by atoms with Crippen LogP contribution in [-0.2, 0) is 0 Å². The number of nitrogens with zero attached hydrogens (tertiary/aromatic N) is 1. The Morgan fingerprint density at radius 1 is 0.818 bits per heavy atom. The molecule has 3 aromatic rings. The molecule has 0 saturated carbocycles. The van der Waals surface area contributed by atoms with Crippen LogP contribution in [0.5, 0.6) is 5.75 Å². The first-order chi connectivity index (χ1) is 10.2. The molecular weight excluding hydrogens is 329 g/mol. The van der Waals surface area contributed by atoms with E-state index in [4.69, 9.17) is 7.85 Å². The number of aromatic hydroxyl groups is 1. The lowest BCUT2D eigenvalue weighted by Gasteiger charge is -2.13. The van der Waals surface area contributed by atoms with Gasteiger partial charge in [0.1, 0.15) is 13.4 Å². The van der Waals surface area contributed by atoms with E-state index < -0.39 is 0 Å². The topological polar surface area (TPSA) is 25.2 Å². The smallest absolute Gasteiger partial charge is 0.154 e. The zero-order valence-electron chi connectivity index (χ0n) is 12.8. The molecule has 2 radical (unpaired) electrons. The van der Waals surface area contributed by atoms with Gasteiger partial charge in [0.15, 0.2) is 5.75 Å². The first kappa shape index (κ1) is 16.0. The van der Waals surface area contributed by atoms with Crippen molar-refractivity contribution in [3.63, 3.8) is 0 Å². The molecule has 0 aliphatic rings. The van der Waals surface area contributed by atoms with E-state index in [1.807, 2.05) is 27.7 Å². The summed E-state index contributed by atoms with van der Waals surface area (Å²) in [7, 11) is 6.27. The first-order valence-electron chi connectivity index (χ1n) is 6.86. The maximum Gasteiger partial charge on any atom is 0.154 e. The molecule has 1 N–H and O–H groups in total. The Hall–Kier alpha value is -0.845. The largest absolute Gasteiger partial charge is 0.505 e. The Morgan fingerprint density at radius 2 is 1.41 bits per heavy atom. The molecule has 0 amide bonds. The first-order valence-corrected chi connectivity index (χ1v) is 8.15. The van der Waals surface area contributed by atoms with Crippen molar-refractivity contribution in [1.82, 2.24) is 3.97 Å². The van der Waals surface area contributed by atoms with E-state index in [2.05, 4.69) is 38.1 Å². The number of rotatable bonds is 0. The van der Waals surface area contributed by atoms with Gasteiger partial charge in [-0.15, -0.1) is 25.3 Å². The fourth-order valence-corrected chi connectivity index (χ4v) is 4.19. The van der Waals surface area contributed by atoms with Crippen LogP contribution in [0.15, 0.2) is 9.79 Å². The van der Waals surface area contributed by atoms with Gasteiger partial charge in [0.05, 0.1) is 10.4 Å². The van der Waals surface area contributed by atoms with E-state index >= 15 is 0 Å². The van der Waals surface area contributed by atoms with Crippen molar-refractivity contribution >= 4 is 73.2 Å². The average Bonchev–Trinajstić information content (AvgIpc) is 2.80. The van der Waals surface area contributed by atoms with E-state index in [1.165, 1.54) is 0 Å². The second kappa shape index (κ2) is 5.08. The molecule has 1 heterocycles. The SMILES string of the molecule is [B]c1c(C)c(C)c2c(c1C)c1c(S)c(C)c(S)c(O)c1n2S. The fraction of sp³-hybridized carbons (Fsp3) is 0.250. The molecule has 2 aromatic carbocycles. The highest BCUT2D eigenvalue weighted by Gasteiger charge is 2.23. The van der Waals surface area contributed by atoms with Gasteiger partial charge < -0.3 is 5.11 Å². The third-order valence-corrected chi connectivity index (χ3v) is 6.15. The summed E-state index contributed by atoms with van der Waals surface area (Å²) in [6.07, 6.45) is 0. The highest BCUT2D eigenvalue weighted by Crippen LogP contribution is 2.46. The van der Waals surface area contributed by atoms with Crippen molar-refractivity contribution in [1.29, 1.82) is 0 Å². The summed E-state index contributed by atoms with van der Waals surface area (Å²) >= 11 is 13.7. The van der Waals surface area contributed by atoms with Crippen LogP contribution in [0.4, 0.5) is 0 Å². The van der Waals surface area contributed by atoms with Gasteiger partial charge in [0.2, 0.25) is 0 Å². The molecule has 0 aliphatic carbocycles. The van der Waals surface area contributed by atoms with E-state index in [0.29, 0.717) is 10.4 Å². The number of phenolic OH excluding ortho intramolecular Hbond substituents is 1. The molecule has 1 aromatic heterocycles. The van der Waals surface area contributed by atoms with E-state index in [0.717, 1.165) is 48.9 Å². The Kier molecular flexibility index (Phi) is 3.70. The molecule has 112 valence electrons. The van der Waals surface area contributed by atoms with Crippen molar-refractivity contribution in [2.45, 2.75) is 37.5 Å². The van der Waals surface area contributed by atoms with Gasteiger partial charge in [-0.05, 0) is 44.4 Å². The minimum Gasteiger partial charge on any atom is -0.505 e. The number of aromatic nitrogens is 1. The molecule has 0 saturated heterocycles. The molecule has 0 spiro atoms. The van der Waals surface area contributed by atoms with Crippen LogP contribution in [0.1, 0.15) is 22.3 Å². The summed E-state index contributed by atoms with van der Waals surface area (Å²) in [6.45, 7) is 7.90. The Morgan fingerprint density at radius 3 is 2.00 bits per heavy atom. The van der Waals surface area contributed by atoms with Crippen LogP contribution in [0.2, 0.25) is 0 Å². The van der Waals surface area contributed by atoms with Gasteiger partial charge in [-0.3, -0.25) is 3.97 Å². The number of hydrogen-bond donors (Lipinski definition) is 4. The minimum absolute atomic E-state index is 0.120. The van der Waals surface area contributed by atoms with Gasteiger partial charge in [-0.1, -0.05) is 23.8 Å². The van der Waals surface area contributed by atoms with Crippen LogP contribution < -0.4 is 5.46 Å². The number of benzene rings is 2. The van der Waals surface area contributed by atoms with Crippen molar-refractivity contribution in [3.05, 3.63) is 22.3 Å². The predicted octanol–water partition coefficient (Wildman–Crippen LogP) is 3.80. The standard InChI is InChI=1S/C16H16BNOS3/c1-5-6(2)12-9(7(3)11(5)17)10-13(18(12)22)14(19)16(21)8(4)15(10)20/h19-22H,1-4H3. The lowest BCUT2D eigenvalue weighted by Crippen LogP contribution is -2.14. The Labute approximate surface area is 147 Å². The lowest BCUT2D eigenvalue weighted by atomic mass is 9.82. The summed E-state index contributed by atoms with van der Waals surface area (Å²) in [5.74, 6) is 0.120. The van der Waals surface area contributed by atoms with Gasteiger partial charge in [-0.2, -0.15) is 0 Å². The van der Waals surface area contributed by atoms with Crippen molar-refractivity contribution in [2.75, 3.05) is 0 Å². The number of hydrogen-bond acceptors (Lipinski definition) is 4. The summed E-state index contributed by atoms with van der Waals surface area (Å²) < 4.78 is 1.72. The molecule has 0 atom stereocenters. The van der Waals surface area contributed by atoms with Crippen molar-refractivity contribution in [3.8, 4) is 5.75 Å². The summed E-state index contributed by atoms with van der Waals surface area (Å²) in [5, 5.41) is 12.4.